The van der Waals surface area contributed by atoms with Crippen LogP contribution in [0.25, 0.3) is 0 Å². The van der Waals surface area contributed by atoms with Crippen LogP contribution in [0.3, 0.4) is 0 Å². The van der Waals surface area contributed by atoms with Gasteiger partial charge in [-0.2, -0.15) is 0 Å². The Morgan fingerprint density at radius 2 is 1.13 bits per heavy atom. The van der Waals surface area contributed by atoms with Gasteiger partial charge in [-0.25, -0.2) is 4.98 Å². The molecule has 3 N–H and O–H groups in total. The number of H-pyrrole nitrogens is 1. The predicted octanol–water partition coefficient (Wildman–Crippen LogP) is 8.92. The number of nitrogens with zero attached hydrogens (tertiary/aromatic N) is 1. The standard InChI is InChI=1S/C38H48N4O4S/c43-36(41-42-37(44)33-20-24-35(25-21-33)46-30-31-16-12-11-13-17-31)32-18-22-34(23-19-32)45-28-14-9-7-5-3-1-2-4-6-8-10-15-29-47-38-39-26-27-40-38/h11-13,16-27H,1-10,14-15,28-30H2,(H,39,40)(H,41,43)(H,42,44). The first-order valence-corrected chi connectivity index (χ1v) is 17.9. The molecule has 47 heavy (non-hydrogen) atoms. The summed E-state index contributed by atoms with van der Waals surface area (Å²) in [5, 5.41) is 1.03. The van der Waals surface area contributed by atoms with Gasteiger partial charge >= 0.3 is 0 Å². The minimum atomic E-state index is -0.411. The highest BCUT2D eigenvalue weighted by Gasteiger charge is 2.10. The molecule has 2 amide bonds. The Balaban J connectivity index is 0.963. The number of imidazole rings is 1. The number of thioether (sulfide) groups is 1. The first kappa shape index (κ1) is 35.6. The predicted molar refractivity (Wildman–Crippen MR) is 189 cm³/mol. The number of ether oxygens (including phenoxy) is 2. The Kier molecular flexibility index (Phi) is 16.3. The van der Waals surface area contributed by atoms with Gasteiger partial charge < -0.3 is 14.5 Å². The first-order valence-electron chi connectivity index (χ1n) is 16.9. The van der Waals surface area contributed by atoms with E-state index >= 15 is 0 Å². The fraction of sp³-hybridized carbons (Fsp3) is 0.395. The molecule has 0 aliphatic rings. The van der Waals surface area contributed by atoms with E-state index in [4.69, 9.17) is 9.47 Å². The van der Waals surface area contributed by atoms with Crippen LogP contribution in [0.2, 0.25) is 0 Å². The zero-order chi connectivity index (χ0) is 32.8. The molecule has 3 aromatic carbocycles. The number of benzene rings is 3. The van der Waals surface area contributed by atoms with Crippen molar-refractivity contribution in [1.29, 1.82) is 0 Å². The van der Waals surface area contributed by atoms with Gasteiger partial charge in [-0.3, -0.25) is 20.4 Å². The molecular formula is C38H48N4O4S. The van der Waals surface area contributed by atoms with Gasteiger partial charge in [0.1, 0.15) is 18.1 Å². The molecule has 0 bridgehead atoms. The number of aromatic nitrogens is 2. The van der Waals surface area contributed by atoms with E-state index in [1.165, 1.54) is 70.6 Å². The fourth-order valence-corrected chi connectivity index (χ4v) is 5.89. The third-order valence-electron chi connectivity index (χ3n) is 7.79. The number of rotatable bonds is 22. The van der Waals surface area contributed by atoms with Crippen LogP contribution in [-0.4, -0.2) is 34.1 Å². The molecule has 4 aromatic rings. The van der Waals surface area contributed by atoms with Crippen LogP contribution in [0, 0.1) is 0 Å². The number of unbranched alkanes of at least 4 members (excludes halogenated alkanes) is 11. The molecule has 0 aliphatic heterocycles. The summed E-state index contributed by atoms with van der Waals surface area (Å²) in [4.78, 5) is 32.4. The van der Waals surface area contributed by atoms with Crippen LogP contribution in [0.1, 0.15) is 103 Å². The molecule has 0 atom stereocenters. The van der Waals surface area contributed by atoms with Gasteiger partial charge in [0.15, 0.2) is 5.16 Å². The molecule has 0 unspecified atom stereocenters. The number of hydrogen-bond acceptors (Lipinski definition) is 6. The number of carbonyl (C=O) groups excluding carboxylic acids is 2. The molecule has 1 heterocycles. The highest BCUT2D eigenvalue weighted by molar-refractivity contribution is 7.99. The van der Waals surface area contributed by atoms with Crippen molar-refractivity contribution in [2.24, 2.45) is 0 Å². The maximum Gasteiger partial charge on any atom is 0.269 e. The van der Waals surface area contributed by atoms with Gasteiger partial charge in [-0.05, 0) is 66.9 Å². The van der Waals surface area contributed by atoms with Crippen LogP contribution in [0.5, 0.6) is 11.5 Å². The summed E-state index contributed by atoms with van der Waals surface area (Å²) in [7, 11) is 0. The van der Waals surface area contributed by atoms with Crippen LogP contribution in [0.15, 0.2) is 96.4 Å². The summed E-state index contributed by atoms with van der Waals surface area (Å²) >= 11 is 1.81. The van der Waals surface area contributed by atoms with Crippen molar-refractivity contribution in [3.8, 4) is 11.5 Å². The first-order chi connectivity index (χ1) is 23.2. The monoisotopic (exact) mass is 656 g/mol. The van der Waals surface area contributed by atoms with Gasteiger partial charge in [0.2, 0.25) is 0 Å². The molecule has 8 nitrogen and oxygen atoms in total. The van der Waals surface area contributed by atoms with E-state index in [0.29, 0.717) is 30.1 Å². The molecule has 250 valence electrons. The van der Waals surface area contributed by atoms with Crippen LogP contribution >= 0.6 is 11.8 Å². The van der Waals surface area contributed by atoms with E-state index < -0.39 is 11.8 Å². The third kappa shape index (κ3) is 14.4. The normalized spacial score (nSPS) is 10.8. The lowest BCUT2D eigenvalue weighted by atomic mass is 10.1. The van der Waals surface area contributed by atoms with Gasteiger partial charge in [0, 0.05) is 29.3 Å². The highest BCUT2D eigenvalue weighted by Crippen LogP contribution is 2.18. The number of aromatic amines is 1. The zero-order valence-corrected chi connectivity index (χ0v) is 28.1. The fourth-order valence-electron chi connectivity index (χ4n) is 5.06. The molecule has 0 radical (unpaired) electrons. The van der Waals surface area contributed by atoms with Crippen molar-refractivity contribution < 1.29 is 19.1 Å². The van der Waals surface area contributed by atoms with E-state index in [2.05, 4.69) is 20.8 Å². The van der Waals surface area contributed by atoms with E-state index in [1.807, 2.05) is 54.5 Å². The van der Waals surface area contributed by atoms with Gasteiger partial charge in [0.05, 0.1) is 6.61 Å². The highest BCUT2D eigenvalue weighted by atomic mass is 32.2. The molecule has 0 saturated carbocycles. The molecule has 1 aromatic heterocycles. The summed E-state index contributed by atoms with van der Waals surface area (Å²) in [6.45, 7) is 1.11. The van der Waals surface area contributed by atoms with Crippen molar-refractivity contribution in [1.82, 2.24) is 20.8 Å². The number of hydrogen-bond donors (Lipinski definition) is 3. The van der Waals surface area contributed by atoms with Crippen molar-refractivity contribution in [3.05, 3.63) is 108 Å². The second-order valence-corrected chi connectivity index (χ2v) is 12.6. The Labute approximate surface area is 283 Å². The summed E-state index contributed by atoms with van der Waals surface area (Å²) in [5.74, 6) is 1.73. The van der Waals surface area contributed by atoms with Gasteiger partial charge in [-0.1, -0.05) is 106 Å². The number of nitrogens with one attached hydrogen (secondary N) is 3. The van der Waals surface area contributed by atoms with E-state index in [1.54, 1.807) is 48.5 Å². The Morgan fingerprint density at radius 1 is 0.617 bits per heavy atom. The maximum atomic E-state index is 12.5. The number of carbonyl (C=O) groups is 2. The SMILES string of the molecule is O=C(NNC(=O)c1ccc(OCc2ccccc2)cc1)c1ccc(OCCCCCCCCCCCCCCSc2ncc[nH]2)cc1. The quantitative estimate of drug-likeness (QED) is 0.0443. The second kappa shape index (κ2) is 21.5. The average molecular weight is 657 g/mol. The second-order valence-electron chi connectivity index (χ2n) is 11.6. The Bertz CT molecular complexity index is 1410. The van der Waals surface area contributed by atoms with Crippen LogP contribution < -0.4 is 20.3 Å². The van der Waals surface area contributed by atoms with Crippen molar-refractivity contribution in [2.45, 2.75) is 88.8 Å². The summed E-state index contributed by atoms with van der Waals surface area (Å²) in [5.41, 5.74) is 6.84. The van der Waals surface area contributed by atoms with Gasteiger partial charge in [0.25, 0.3) is 11.8 Å². The van der Waals surface area contributed by atoms with Crippen molar-refractivity contribution in [2.75, 3.05) is 12.4 Å². The lowest BCUT2D eigenvalue weighted by Gasteiger charge is -2.10. The molecule has 4 rings (SSSR count). The largest absolute Gasteiger partial charge is 0.494 e. The molecule has 0 saturated heterocycles. The minimum absolute atomic E-state index is 0.399. The third-order valence-corrected chi connectivity index (χ3v) is 8.78. The summed E-state index contributed by atoms with van der Waals surface area (Å²) in [6.07, 6.45) is 19.1. The zero-order valence-electron chi connectivity index (χ0n) is 27.3. The number of hydrazine groups is 1. The average Bonchev–Trinajstić information content (AvgIpc) is 3.64. The molecule has 0 fully saturated rings. The topological polar surface area (TPSA) is 105 Å². The molecule has 0 spiro atoms. The lowest BCUT2D eigenvalue weighted by molar-refractivity contribution is 0.0846. The molecule has 0 aliphatic carbocycles. The van der Waals surface area contributed by atoms with E-state index in [-0.39, 0.29) is 0 Å². The Hall–Kier alpha value is -4.24. The van der Waals surface area contributed by atoms with Crippen molar-refractivity contribution >= 4 is 23.6 Å². The maximum absolute atomic E-state index is 12.5. The lowest BCUT2D eigenvalue weighted by Crippen LogP contribution is -2.41. The summed E-state index contributed by atoms with van der Waals surface area (Å²) in [6, 6.07) is 23.6. The van der Waals surface area contributed by atoms with Crippen LogP contribution in [-0.2, 0) is 6.61 Å². The Morgan fingerprint density at radius 3 is 1.66 bits per heavy atom. The molecular weight excluding hydrogens is 609 g/mol. The van der Waals surface area contributed by atoms with Crippen molar-refractivity contribution in [3.63, 3.8) is 0 Å². The smallest absolute Gasteiger partial charge is 0.269 e. The molecule has 9 heteroatoms. The summed E-state index contributed by atoms with van der Waals surface area (Å²) < 4.78 is 11.6. The van der Waals surface area contributed by atoms with E-state index in [0.717, 1.165) is 28.6 Å². The van der Waals surface area contributed by atoms with Crippen LogP contribution in [0.4, 0.5) is 0 Å². The minimum Gasteiger partial charge on any atom is -0.494 e. The number of amides is 2. The van der Waals surface area contributed by atoms with E-state index in [9.17, 15) is 9.59 Å². The van der Waals surface area contributed by atoms with Gasteiger partial charge in [-0.15, -0.1) is 0 Å².